The normalized spacial score (nSPS) is 16.4. The van der Waals surface area contributed by atoms with Crippen LogP contribution in [-0.2, 0) is 4.79 Å². The lowest BCUT2D eigenvalue weighted by molar-refractivity contribution is -0.141. The van der Waals surface area contributed by atoms with E-state index < -0.39 is 0 Å². The third kappa shape index (κ3) is 3.45. The van der Waals surface area contributed by atoms with E-state index in [9.17, 15) is 9.59 Å². The van der Waals surface area contributed by atoms with Crippen LogP contribution < -0.4 is 10.3 Å². The summed E-state index contributed by atoms with van der Waals surface area (Å²) >= 11 is 0. The van der Waals surface area contributed by atoms with E-state index in [4.69, 9.17) is 4.74 Å². The number of nitrogens with one attached hydrogen (secondary N) is 1. The molecule has 0 spiro atoms. The summed E-state index contributed by atoms with van der Waals surface area (Å²) < 4.78 is 6.07. The number of ether oxygens (including phenoxy) is 1. The first-order valence-corrected chi connectivity index (χ1v) is 8.42. The number of hydrogen-bond donors (Lipinski definition) is 1. The minimum atomic E-state index is -0.334. The maximum Gasteiger partial charge on any atom is 0.255 e. The van der Waals surface area contributed by atoms with Gasteiger partial charge in [0.05, 0.1) is 0 Å². The molecule has 24 heavy (non-hydrogen) atoms. The molecule has 0 bridgehead atoms. The molecule has 5 heteroatoms. The minimum Gasteiger partial charge on any atom is -0.490 e. The van der Waals surface area contributed by atoms with Crippen LogP contribution in [0.15, 0.2) is 35.3 Å². The molecule has 1 aliphatic rings. The second-order valence-corrected chi connectivity index (χ2v) is 7.42. The van der Waals surface area contributed by atoms with Crippen LogP contribution in [0.25, 0.3) is 10.8 Å². The highest BCUT2D eigenvalue weighted by Gasteiger charge is 2.30. The highest BCUT2D eigenvalue weighted by Crippen LogP contribution is 2.25. The number of carbonyl (C=O) groups is 1. The molecule has 0 radical (unpaired) electrons. The van der Waals surface area contributed by atoms with Crippen molar-refractivity contribution in [3.8, 4) is 5.75 Å². The summed E-state index contributed by atoms with van der Waals surface area (Å²) in [5.74, 6) is 0.972. The van der Waals surface area contributed by atoms with Crippen LogP contribution >= 0.6 is 0 Å². The predicted octanol–water partition coefficient (Wildman–Crippen LogP) is 2.94. The molecule has 1 aliphatic heterocycles. The molecule has 0 atom stereocenters. The Bertz CT molecular complexity index is 796. The molecule has 2 aromatic rings. The van der Waals surface area contributed by atoms with Gasteiger partial charge in [-0.1, -0.05) is 20.8 Å². The molecule has 1 saturated heterocycles. The van der Waals surface area contributed by atoms with E-state index in [1.807, 2.05) is 43.9 Å². The number of benzene rings is 1. The van der Waals surface area contributed by atoms with Crippen LogP contribution in [0.3, 0.4) is 0 Å². The number of rotatable bonds is 2. The molecule has 0 unspecified atom stereocenters. The average molecular weight is 328 g/mol. The summed E-state index contributed by atoms with van der Waals surface area (Å²) in [6, 6.07) is 7.40. The summed E-state index contributed by atoms with van der Waals surface area (Å²) in [5.41, 5.74) is -0.424. The van der Waals surface area contributed by atoms with Crippen molar-refractivity contribution in [2.24, 2.45) is 5.41 Å². The maximum atomic E-state index is 12.3. The van der Waals surface area contributed by atoms with Crippen LogP contribution in [0, 0.1) is 5.41 Å². The third-order valence-corrected chi connectivity index (χ3v) is 4.42. The van der Waals surface area contributed by atoms with Gasteiger partial charge in [-0.25, -0.2) is 0 Å². The number of pyridine rings is 1. The number of nitrogens with zero attached hydrogens (tertiary/aromatic N) is 1. The van der Waals surface area contributed by atoms with Gasteiger partial charge in [0.15, 0.2) is 0 Å². The molecule has 3 rings (SSSR count). The first-order chi connectivity index (χ1) is 11.3. The lowest BCUT2D eigenvalue weighted by atomic mass is 9.93. The molecule has 1 N–H and O–H groups in total. The van der Waals surface area contributed by atoms with E-state index in [1.54, 1.807) is 12.3 Å². The maximum absolute atomic E-state index is 12.3. The number of aromatic nitrogens is 1. The Morgan fingerprint density at radius 3 is 2.58 bits per heavy atom. The van der Waals surface area contributed by atoms with Crippen LogP contribution in [0.1, 0.15) is 33.6 Å². The van der Waals surface area contributed by atoms with Gasteiger partial charge in [-0.05, 0) is 29.7 Å². The van der Waals surface area contributed by atoms with Gasteiger partial charge in [-0.3, -0.25) is 9.59 Å². The fraction of sp³-hybridized carbons (Fsp3) is 0.474. The van der Waals surface area contributed by atoms with Crippen LogP contribution in [0.2, 0.25) is 0 Å². The van der Waals surface area contributed by atoms with E-state index in [-0.39, 0.29) is 23.0 Å². The second-order valence-electron chi connectivity index (χ2n) is 7.42. The van der Waals surface area contributed by atoms with E-state index in [1.165, 1.54) is 0 Å². The zero-order valence-electron chi connectivity index (χ0n) is 14.5. The summed E-state index contributed by atoms with van der Waals surface area (Å²) in [5, 5.41) is 1.53. The first-order valence-electron chi connectivity index (χ1n) is 8.42. The number of carbonyl (C=O) groups excluding carboxylic acids is 1. The van der Waals surface area contributed by atoms with E-state index in [0.29, 0.717) is 5.39 Å². The quantitative estimate of drug-likeness (QED) is 0.922. The molecule has 2 heterocycles. The van der Waals surface area contributed by atoms with Crippen molar-refractivity contribution in [3.05, 3.63) is 40.8 Å². The number of piperidine rings is 1. The summed E-state index contributed by atoms with van der Waals surface area (Å²) in [6.45, 7) is 7.32. The SMILES string of the molecule is CC(C)(C)C(=O)N1CCC(Oc2ccc3c(=O)[nH]ccc3c2)CC1. The smallest absolute Gasteiger partial charge is 0.255 e. The summed E-state index contributed by atoms with van der Waals surface area (Å²) in [4.78, 5) is 28.6. The summed E-state index contributed by atoms with van der Waals surface area (Å²) in [7, 11) is 0. The molecule has 1 fully saturated rings. The van der Waals surface area contributed by atoms with Gasteiger partial charge >= 0.3 is 0 Å². The summed E-state index contributed by atoms with van der Waals surface area (Å²) in [6.07, 6.45) is 3.41. The Kier molecular flexibility index (Phi) is 4.35. The number of H-pyrrole nitrogens is 1. The van der Waals surface area contributed by atoms with E-state index in [2.05, 4.69) is 4.98 Å². The van der Waals surface area contributed by atoms with E-state index in [0.717, 1.165) is 37.1 Å². The van der Waals surface area contributed by atoms with Crippen molar-refractivity contribution in [2.45, 2.75) is 39.7 Å². The van der Waals surface area contributed by atoms with E-state index >= 15 is 0 Å². The zero-order valence-corrected chi connectivity index (χ0v) is 14.5. The number of likely N-dealkylation sites (tertiary alicyclic amines) is 1. The fourth-order valence-corrected chi connectivity index (χ4v) is 3.09. The first kappa shape index (κ1) is 16.6. The van der Waals surface area contributed by atoms with Crippen molar-refractivity contribution < 1.29 is 9.53 Å². The Balaban J connectivity index is 1.64. The molecule has 5 nitrogen and oxygen atoms in total. The van der Waals surface area contributed by atoms with Crippen LogP contribution in [0.4, 0.5) is 0 Å². The highest BCUT2D eigenvalue weighted by atomic mass is 16.5. The molecule has 1 aromatic carbocycles. The van der Waals surface area contributed by atoms with Crippen molar-refractivity contribution in [1.29, 1.82) is 0 Å². The van der Waals surface area contributed by atoms with Gasteiger partial charge in [0.1, 0.15) is 11.9 Å². The largest absolute Gasteiger partial charge is 0.490 e. The second kappa shape index (κ2) is 6.30. The van der Waals surface area contributed by atoms with Gasteiger partial charge in [-0.2, -0.15) is 0 Å². The van der Waals surface area contributed by atoms with Gasteiger partial charge in [0.25, 0.3) is 5.56 Å². The third-order valence-electron chi connectivity index (χ3n) is 4.42. The van der Waals surface area contributed by atoms with Crippen LogP contribution in [0.5, 0.6) is 5.75 Å². The molecule has 128 valence electrons. The lowest BCUT2D eigenvalue weighted by Crippen LogP contribution is -2.46. The average Bonchev–Trinajstić information content (AvgIpc) is 2.54. The molecule has 0 aliphatic carbocycles. The van der Waals surface area contributed by atoms with Gasteiger partial charge in [0, 0.05) is 42.9 Å². The van der Waals surface area contributed by atoms with Crippen molar-refractivity contribution in [3.63, 3.8) is 0 Å². The number of hydrogen-bond acceptors (Lipinski definition) is 3. The number of aromatic amines is 1. The molecular weight excluding hydrogens is 304 g/mol. The monoisotopic (exact) mass is 328 g/mol. The van der Waals surface area contributed by atoms with Crippen molar-refractivity contribution in [2.75, 3.05) is 13.1 Å². The Hall–Kier alpha value is -2.30. The highest BCUT2D eigenvalue weighted by molar-refractivity contribution is 5.83. The number of fused-ring (bicyclic) bond motifs is 1. The predicted molar refractivity (Wildman–Crippen MR) is 94.3 cm³/mol. The van der Waals surface area contributed by atoms with Gasteiger partial charge in [0.2, 0.25) is 5.91 Å². The standard InChI is InChI=1S/C19H24N2O3/c1-19(2,3)18(23)21-10-7-14(8-11-21)24-15-4-5-16-13(12-15)6-9-20-17(16)22/h4-6,9,12,14H,7-8,10-11H2,1-3H3,(H,20,22). The van der Waals surface area contributed by atoms with Gasteiger partial charge in [-0.15, -0.1) is 0 Å². The Morgan fingerprint density at radius 2 is 1.92 bits per heavy atom. The van der Waals surface area contributed by atoms with Crippen LogP contribution in [-0.4, -0.2) is 35.0 Å². The lowest BCUT2D eigenvalue weighted by Gasteiger charge is -2.35. The van der Waals surface area contributed by atoms with Crippen molar-refractivity contribution in [1.82, 2.24) is 9.88 Å². The number of amides is 1. The molecule has 0 saturated carbocycles. The Morgan fingerprint density at radius 1 is 1.21 bits per heavy atom. The van der Waals surface area contributed by atoms with Crippen molar-refractivity contribution >= 4 is 16.7 Å². The molecular formula is C19H24N2O3. The Labute approximate surface area is 141 Å². The minimum absolute atomic E-state index is 0.0898. The van der Waals surface area contributed by atoms with Gasteiger partial charge < -0.3 is 14.6 Å². The fourth-order valence-electron chi connectivity index (χ4n) is 3.09. The zero-order chi connectivity index (χ0) is 17.3. The molecule has 1 amide bonds. The topological polar surface area (TPSA) is 62.4 Å². The molecule has 1 aromatic heterocycles.